The molecule has 0 unspecified atom stereocenters. The number of nitrogens with zero attached hydrogens (tertiary/aromatic N) is 6. The van der Waals surface area contributed by atoms with Crippen molar-refractivity contribution in [3.05, 3.63) is 53.7 Å². The van der Waals surface area contributed by atoms with Gasteiger partial charge in [0.05, 0.1) is 22.4 Å². The number of hydrogen-bond donors (Lipinski definition) is 1. The Labute approximate surface area is 169 Å². The zero-order chi connectivity index (χ0) is 20.0. The van der Waals surface area contributed by atoms with Crippen molar-refractivity contribution in [1.82, 2.24) is 29.7 Å². The molecule has 3 aromatic heterocycles. The van der Waals surface area contributed by atoms with E-state index in [9.17, 15) is 0 Å². The van der Waals surface area contributed by atoms with Gasteiger partial charge in [-0.05, 0) is 50.5 Å². The van der Waals surface area contributed by atoms with E-state index in [1.165, 1.54) is 5.56 Å². The van der Waals surface area contributed by atoms with E-state index in [1.54, 1.807) is 0 Å². The van der Waals surface area contributed by atoms with Crippen LogP contribution in [-0.2, 0) is 7.05 Å². The van der Waals surface area contributed by atoms with Crippen molar-refractivity contribution < 1.29 is 0 Å². The van der Waals surface area contributed by atoms with Gasteiger partial charge in [-0.2, -0.15) is 5.10 Å². The quantitative estimate of drug-likeness (QED) is 0.579. The van der Waals surface area contributed by atoms with Gasteiger partial charge in [-0.1, -0.05) is 6.07 Å². The smallest absolute Gasteiger partial charge is 0.225 e. The largest absolute Gasteiger partial charge is 0.342 e. The lowest BCUT2D eigenvalue weighted by Gasteiger charge is -2.31. The second-order valence-electron chi connectivity index (χ2n) is 7.95. The monoisotopic (exact) mass is 387 g/mol. The van der Waals surface area contributed by atoms with Crippen LogP contribution in [0.2, 0.25) is 0 Å². The number of H-pyrrole nitrogens is 1. The van der Waals surface area contributed by atoms with E-state index in [0.717, 1.165) is 65.7 Å². The van der Waals surface area contributed by atoms with E-state index < -0.39 is 0 Å². The SMILES string of the molecule is Cc1ccc2nc(C3CCN(c4nccc(-c5cn(C)nc5C)n4)CC3)[nH]c2c1. The highest BCUT2D eigenvalue weighted by molar-refractivity contribution is 5.76. The van der Waals surface area contributed by atoms with Gasteiger partial charge in [0.15, 0.2) is 0 Å². The Morgan fingerprint density at radius 2 is 1.90 bits per heavy atom. The van der Waals surface area contributed by atoms with Gasteiger partial charge in [-0.25, -0.2) is 15.0 Å². The van der Waals surface area contributed by atoms with Crippen molar-refractivity contribution in [2.24, 2.45) is 7.05 Å². The Kier molecular flexibility index (Phi) is 4.30. The number of nitrogens with one attached hydrogen (secondary N) is 1. The summed E-state index contributed by atoms with van der Waals surface area (Å²) in [5.41, 5.74) is 6.40. The number of piperidine rings is 1. The number of hydrogen-bond acceptors (Lipinski definition) is 5. The van der Waals surface area contributed by atoms with Gasteiger partial charge in [-0.3, -0.25) is 4.68 Å². The van der Waals surface area contributed by atoms with E-state index in [4.69, 9.17) is 9.97 Å². The lowest BCUT2D eigenvalue weighted by molar-refractivity contribution is 0.484. The van der Waals surface area contributed by atoms with Crippen LogP contribution in [0.1, 0.15) is 35.8 Å². The molecule has 5 rings (SSSR count). The molecule has 0 bridgehead atoms. The van der Waals surface area contributed by atoms with Crippen LogP contribution in [0.4, 0.5) is 5.95 Å². The Balaban J connectivity index is 1.32. The van der Waals surface area contributed by atoms with Crippen molar-refractivity contribution in [3.63, 3.8) is 0 Å². The number of aryl methyl sites for hydroxylation is 3. The van der Waals surface area contributed by atoms with Crippen molar-refractivity contribution in [1.29, 1.82) is 0 Å². The normalized spacial score (nSPS) is 15.3. The van der Waals surface area contributed by atoms with Gasteiger partial charge >= 0.3 is 0 Å². The number of imidazole rings is 1. The molecule has 1 aliphatic heterocycles. The first kappa shape index (κ1) is 17.8. The zero-order valence-corrected chi connectivity index (χ0v) is 17.1. The van der Waals surface area contributed by atoms with E-state index in [2.05, 4.69) is 45.1 Å². The van der Waals surface area contributed by atoms with E-state index in [-0.39, 0.29) is 0 Å². The first-order valence-corrected chi connectivity index (χ1v) is 10.1. The standard InChI is InChI=1S/C22H25N7/c1-14-4-5-19-20(12-14)25-21(24-19)16-7-10-29(11-8-16)22-23-9-6-18(26-22)17-13-28(3)27-15(17)2/h4-6,9,12-13,16H,7-8,10-11H2,1-3H3,(H,24,25). The maximum absolute atomic E-state index is 4.83. The van der Waals surface area contributed by atoms with E-state index in [1.807, 2.05) is 37.1 Å². The summed E-state index contributed by atoms with van der Waals surface area (Å²) >= 11 is 0. The average Bonchev–Trinajstić information content (AvgIpc) is 3.30. The number of aromatic nitrogens is 6. The molecule has 1 saturated heterocycles. The number of rotatable bonds is 3. The molecule has 1 fully saturated rings. The number of anilines is 1. The first-order valence-electron chi connectivity index (χ1n) is 10.1. The minimum Gasteiger partial charge on any atom is -0.342 e. The number of fused-ring (bicyclic) bond motifs is 1. The molecule has 0 spiro atoms. The summed E-state index contributed by atoms with van der Waals surface area (Å²) in [6.07, 6.45) is 5.94. The van der Waals surface area contributed by atoms with Gasteiger partial charge in [0.25, 0.3) is 0 Å². The third-order valence-electron chi connectivity index (χ3n) is 5.75. The molecule has 1 aromatic carbocycles. The summed E-state index contributed by atoms with van der Waals surface area (Å²) in [7, 11) is 1.93. The lowest BCUT2D eigenvalue weighted by atomic mass is 9.96. The molecule has 0 aliphatic carbocycles. The summed E-state index contributed by atoms with van der Waals surface area (Å²) < 4.78 is 1.83. The Morgan fingerprint density at radius 1 is 1.07 bits per heavy atom. The third kappa shape index (κ3) is 3.37. The second-order valence-corrected chi connectivity index (χ2v) is 7.95. The molecule has 1 aliphatic rings. The van der Waals surface area contributed by atoms with Crippen LogP contribution in [-0.4, -0.2) is 42.8 Å². The molecule has 1 N–H and O–H groups in total. The molecule has 7 heteroatoms. The topological polar surface area (TPSA) is 75.5 Å². The van der Waals surface area contributed by atoms with Gasteiger partial charge in [0, 0.05) is 44.0 Å². The summed E-state index contributed by atoms with van der Waals surface area (Å²) in [6.45, 7) is 5.98. The van der Waals surface area contributed by atoms with Gasteiger partial charge in [-0.15, -0.1) is 0 Å². The van der Waals surface area contributed by atoms with Crippen molar-refractivity contribution in [2.75, 3.05) is 18.0 Å². The molecule has 0 saturated carbocycles. The van der Waals surface area contributed by atoms with Crippen molar-refractivity contribution in [3.8, 4) is 11.3 Å². The van der Waals surface area contributed by atoms with Crippen LogP contribution in [0.3, 0.4) is 0 Å². The van der Waals surface area contributed by atoms with Crippen molar-refractivity contribution >= 4 is 17.0 Å². The molecule has 29 heavy (non-hydrogen) atoms. The maximum atomic E-state index is 4.83. The minimum atomic E-state index is 0.447. The fourth-order valence-electron chi connectivity index (χ4n) is 4.19. The number of aromatic amines is 1. The molecule has 7 nitrogen and oxygen atoms in total. The first-order chi connectivity index (χ1) is 14.1. The van der Waals surface area contributed by atoms with Crippen molar-refractivity contribution in [2.45, 2.75) is 32.6 Å². The van der Waals surface area contributed by atoms with E-state index in [0.29, 0.717) is 5.92 Å². The maximum Gasteiger partial charge on any atom is 0.225 e. The average molecular weight is 387 g/mol. The van der Waals surface area contributed by atoms with Gasteiger partial charge < -0.3 is 9.88 Å². The Bertz CT molecular complexity index is 1170. The predicted molar refractivity (Wildman–Crippen MR) is 114 cm³/mol. The summed E-state index contributed by atoms with van der Waals surface area (Å²) in [5, 5.41) is 4.43. The Morgan fingerprint density at radius 3 is 2.66 bits per heavy atom. The van der Waals surface area contributed by atoms with Crippen LogP contribution in [0.25, 0.3) is 22.3 Å². The van der Waals surface area contributed by atoms with Crippen LogP contribution >= 0.6 is 0 Å². The van der Waals surface area contributed by atoms with Crippen LogP contribution in [0.15, 0.2) is 36.7 Å². The summed E-state index contributed by atoms with van der Waals surface area (Å²) in [6, 6.07) is 8.33. The predicted octanol–water partition coefficient (Wildman–Crippen LogP) is 3.75. The summed E-state index contributed by atoms with van der Waals surface area (Å²) in [4.78, 5) is 20.0. The van der Waals surface area contributed by atoms with Crippen LogP contribution in [0, 0.1) is 13.8 Å². The second kappa shape index (κ2) is 6.99. The molecule has 0 amide bonds. The number of benzene rings is 1. The molecular weight excluding hydrogens is 362 g/mol. The molecule has 0 atom stereocenters. The van der Waals surface area contributed by atoms with Gasteiger partial charge in [0.1, 0.15) is 5.82 Å². The van der Waals surface area contributed by atoms with E-state index >= 15 is 0 Å². The van der Waals surface area contributed by atoms with Gasteiger partial charge in [0.2, 0.25) is 5.95 Å². The molecule has 4 heterocycles. The third-order valence-corrected chi connectivity index (χ3v) is 5.75. The molecule has 0 radical (unpaired) electrons. The highest BCUT2D eigenvalue weighted by Crippen LogP contribution is 2.30. The Hall–Kier alpha value is -3.22. The molecular formula is C22H25N7. The molecule has 4 aromatic rings. The zero-order valence-electron chi connectivity index (χ0n) is 17.1. The highest BCUT2D eigenvalue weighted by Gasteiger charge is 2.25. The van der Waals surface area contributed by atoms with Crippen LogP contribution in [0.5, 0.6) is 0 Å². The summed E-state index contributed by atoms with van der Waals surface area (Å²) in [5.74, 6) is 2.35. The minimum absolute atomic E-state index is 0.447. The molecule has 148 valence electrons. The van der Waals surface area contributed by atoms with Crippen LogP contribution < -0.4 is 4.90 Å². The highest BCUT2D eigenvalue weighted by atomic mass is 15.3. The fraction of sp³-hybridized carbons (Fsp3) is 0.364. The fourth-order valence-corrected chi connectivity index (χ4v) is 4.19. The lowest BCUT2D eigenvalue weighted by Crippen LogP contribution is -2.34.